The first-order valence-corrected chi connectivity index (χ1v) is 14.1. The molecule has 1 aromatic heterocycles. The molecule has 0 saturated heterocycles. The molecule has 198 valence electrons. The lowest BCUT2D eigenvalue weighted by Gasteiger charge is -2.37. The molecule has 0 bridgehead atoms. The van der Waals surface area contributed by atoms with Gasteiger partial charge in [0.15, 0.2) is 0 Å². The maximum absolute atomic E-state index is 13.9. The van der Waals surface area contributed by atoms with Crippen molar-refractivity contribution >= 4 is 35.0 Å². The van der Waals surface area contributed by atoms with E-state index in [1.807, 2.05) is 55.3 Å². The van der Waals surface area contributed by atoms with Gasteiger partial charge in [-0.15, -0.1) is 11.6 Å². The molecule has 7 heteroatoms. The minimum atomic E-state index is -0.712. The topological polar surface area (TPSA) is 45.6 Å². The molecule has 1 aliphatic carbocycles. The summed E-state index contributed by atoms with van der Waals surface area (Å²) in [5.74, 6) is 0.414. The number of alkyl halides is 1. The number of halogens is 2. The molecule has 0 radical (unpaired) electrons. The van der Waals surface area contributed by atoms with Crippen LogP contribution in [0.3, 0.4) is 0 Å². The average molecular weight is 535 g/mol. The van der Waals surface area contributed by atoms with E-state index >= 15 is 0 Å². The average Bonchev–Trinajstić information content (AvgIpc) is 3.29. The second kappa shape index (κ2) is 13.0. The Bertz CT molecular complexity index is 1010. The summed E-state index contributed by atoms with van der Waals surface area (Å²) < 4.78 is 2.16. The van der Waals surface area contributed by atoms with Crippen LogP contribution < -0.4 is 0 Å². The van der Waals surface area contributed by atoms with E-state index in [1.54, 1.807) is 4.90 Å². The van der Waals surface area contributed by atoms with Crippen molar-refractivity contribution in [1.82, 2.24) is 14.4 Å². The number of aromatic nitrogens is 1. The van der Waals surface area contributed by atoms with Gasteiger partial charge < -0.3 is 14.4 Å². The van der Waals surface area contributed by atoms with Crippen molar-refractivity contribution in [2.45, 2.75) is 78.9 Å². The zero-order chi connectivity index (χ0) is 26.3. The van der Waals surface area contributed by atoms with Crippen molar-refractivity contribution < 1.29 is 9.59 Å². The molecule has 0 aliphatic heterocycles. The lowest BCUT2D eigenvalue weighted by molar-refractivity contribution is -0.147. The fourth-order valence-corrected chi connectivity index (χ4v) is 5.25. The molecule has 5 nitrogen and oxygen atoms in total. The second-order valence-electron chi connectivity index (χ2n) is 11.1. The molecule has 1 heterocycles. The van der Waals surface area contributed by atoms with Crippen LogP contribution in [0.1, 0.15) is 71.1 Å². The van der Waals surface area contributed by atoms with Crippen LogP contribution in [-0.4, -0.2) is 51.2 Å². The Labute approximate surface area is 226 Å². The lowest BCUT2D eigenvalue weighted by Crippen LogP contribution is -2.51. The Hall–Kier alpha value is -1.98. The Kier molecular flexibility index (Phi) is 10.3. The Morgan fingerprint density at radius 3 is 2.42 bits per heavy atom. The highest BCUT2D eigenvalue weighted by atomic mass is 35.5. The van der Waals surface area contributed by atoms with Crippen LogP contribution in [0.4, 0.5) is 0 Å². The predicted octanol–water partition coefficient (Wildman–Crippen LogP) is 6.60. The standard InChI is InChI=1S/C29H41Cl2N3O2/c1-22(2)17-33(28(36)29(3,4)21-30)20-27(35)34(24-12-6-5-7-13-24)19-25-14-10-16-32(25)18-23-11-8-9-15-26(23)31/h8-11,14-16,22,24H,5-7,12-13,17-21H2,1-4H3. The van der Waals surface area contributed by atoms with E-state index < -0.39 is 5.41 Å². The van der Waals surface area contributed by atoms with Gasteiger partial charge in [-0.1, -0.05) is 62.9 Å². The summed E-state index contributed by atoms with van der Waals surface area (Å²) in [7, 11) is 0. The van der Waals surface area contributed by atoms with Crippen LogP contribution in [0.25, 0.3) is 0 Å². The van der Waals surface area contributed by atoms with E-state index in [-0.39, 0.29) is 36.2 Å². The lowest BCUT2D eigenvalue weighted by atomic mass is 9.93. The minimum Gasteiger partial charge on any atom is -0.345 e. The predicted molar refractivity (Wildman–Crippen MR) is 148 cm³/mol. The Balaban J connectivity index is 1.84. The van der Waals surface area contributed by atoms with Crippen molar-refractivity contribution in [3.8, 4) is 0 Å². The zero-order valence-corrected chi connectivity index (χ0v) is 23.7. The third kappa shape index (κ3) is 7.52. The van der Waals surface area contributed by atoms with Gasteiger partial charge >= 0.3 is 0 Å². The van der Waals surface area contributed by atoms with Gasteiger partial charge in [0.25, 0.3) is 0 Å². The van der Waals surface area contributed by atoms with E-state index in [1.165, 1.54) is 6.42 Å². The van der Waals surface area contributed by atoms with Gasteiger partial charge in [0, 0.05) is 41.9 Å². The maximum atomic E-state index is 13.9. The summed E-state index contributed by atoms with van der Waals surface area (Å²) in [6, 6.07) is 12.1. The maximum Gasteiger partial charge on any atom is 0.242 e. The van der Waals surface area contributed by atoms with Gasteiger partial charge in [0.2, 0.25) is 11.8 Å². The van der Waals surface area contributed by atoms with Crippen molar-refractivity contribution in [3.63, 3.8) is 0 Å². The molecule has 0 spiro atoms. The molecule has 2 aromatic rings. The molecular weight excluding hydrogens is 493 g/mol. The molecule has 36 heavy (non-hydrogen) atoms. The van der Waals surface area contributed by atoms with Crippen LogP contribution in [-0.2, 0) is 22.7 Å². The van der Waals surface area contributed by atoms with E-state index in [0.29, 0.717) is 19.6 Å². The number of carbonyl (C=O) groups excluding carboxylic acids is 2. The first-order chi connectivity index (χ1) is 17.1. The van der Waals surface area contributed by atoms with Crippen molar-refractivity contribution in [1.29, 1.82) is 0 Å². The normalized spacial score (nSPS) is 14.8. The smallest absolute Gasteiger partial charge is 0.242 e. The number of benzene rings is 1. The van der Waals surface area contributed by atoms with Gasteiger partial charge in [-0.25, -0.2) is 0 Å². The molecule has 0 unspecified atom stereocenters. The summed E-state index contributed by atoms with van der Waals surface area (Å²) in [6.07, 6.45) is 7.51. The SMILES string of the molecule is CC(C)CN(CC(=O)N(Cc1cccn1Cc1ccccc1Cl)C1CCCCC1)C(=O)C(C)(C)CCl. The van der Waals surface area contributed by atoms with Gasteiger partial charge in [-0.2, -0.15) is 0 Å². The fourth-order valence-electron chi connectivity index (χ4n) is 4.94. The molecule has 1 fully saturated rings. The summed E-state index contributed by atoms with van der Waals surface area (Å²) in [5.41, 5.74) is 1.40. The monoisotopic (exact) mass is 533 g/mol. The van der Waals surface area contributed by atoms with Crippen LogP contribution in [0.5, 0.6) is 0 Å². The van der Waals surface area contributed by atoms with Gasteiger partial charge in [-0.05, 0) is 56.4 Å². The number of amides is 2. The highest BCUT2D eigenvalue weighted by Gasteiger charge is 2.34. The summed E-state index contributed by atoms with van der Waals surface area (Å²) in [5, 5.41) is 0.738. The highest BCUT2D eigenvalue weighted by Crippen LogP contribution is 2.27. The van der Waals surface area contributed by atoms with E-state index in [0.717, 1.165) is 42.0 Å². The van der Waals surface area contributed by atoms with E-state index in [4.69, 9.17) is 23.2 Å². The molecule has 1 aromatic carbocycles. The molecular formula is C29H41Cl2N3O2. The van der Waals surface area contributed by atoms with Crippen LogP contribution in [0.15, 0.2) is 42.6 Å². The number of hydrogen-bond acceptors (Lipinski definition) is 2. The molecule has 3 rings (SSSR count). The van der Waals surface area contributed by atoms with Gasteiger partial charge in [0.05, 0.1) is 18.5 Å². The molecule has 1 aliphatic rings. The Morgan fingerprint density at radius 2 is 1.78 bits per heavy atom. The molecule has 0 atom stereocenters. The Morgan fingerprint density at radius 1 is 1.08 bits per heavy atom. The van der Waals surface area contributed by atoms with E-state index in [9.17, 15) is 9.59 Å². The zero-order valence-electron chi connectivity index (χ0n) is 22.2. The van der Waals surface area contributed by atoms with Crippen molar-refractivity contribution in [2.24, 2.45) is 11.3 Å². The highest BCUT2D eigenvalue weighted by molar-refractivity contribution is 6.31. The van der Waals surface area contributed by atoms with E-state index in [2.05, 4.69) is 24.5 Å². The number of hydrogen-bond donors (Lipinski definition) is 0. The van der Waals surface area contributed by atoms with Crippen LogP contribution in [0, 0.1) is 11.3 Å². The number of rotatable bonds is 11. The summed E-state index contributed by atoms with van der Waals surface area (Å²) >= 11 is 12.5. The summed E-state index contributed by atoms with van der Waals surface area (Å²) in [6.45, 7) is 9.62. The van der Waals surface area contributed by atoms with Crippen molar-refractivity contribution in [2.75, 3.05) is 19.0 Å². The third-order valence-electron chi connectivity index (χ3n) is 7.00. The molecule has 2 amide bonds. The third-order valence-corrected chi connectivity index (χ3v) is 8.04. The van der Waals surface area contributed by atoms with Crippen LogP contribution in [0.2, 0.25) is 5.02 Å². The summed E-state index contributed by atoms with van der Waals surface area (Å²) in [4.78, 5) is 30.9. The first-order valence-electron chi connectivity index (χ1n) is 13.1. The first kappa shape index (κ1) is 28.6. The van der Waals surface area contributed by atoms with Gasteiger partial charge in [-0.3, -0.25) is 9.59 Å². The van der Waals surface area contributed by atoms with Crippen molar-refractivity contribution in [3.05, 3.63) is 58.9 Å². The van der Waals surface area contributed by atoms with Gasteiger partial charge in [0.1, 0.15) is 0 Å². The molecule has 1 saturated carbocycles. The largest absolute Gasteiger partial charge is 0.345 e. The quantitative estimate of drug-likeness (QED) is 0.305. The number of nitrogens with zero attached hydrogens (tertiary/aromatic N) is 3. The fraction of sp³-hybridized carbons (Fsp3) is 0.586. The molecule has 0 N–H and O–H groups in total. The minimum absolute atomic E-state index is 0.00626. The van der Waals surface area contributed by atoms with Crippen LogP contribution >= 0.6 is 23.2 Å². The second-order valence-corrected chi connectivity index (χ2v) is 11.8. The number of carbonyl (C=O) groups is 2.